The van der Waals surface area contributed by atoms with Gasteiger partial charge in [0.2, 0.25) is 11.1 Å². The summed E-state index contributed by atoms with van der Waals surface area (Å²) in [5.41, 5.74) is 3.60. The first kappa shape index (κ1) is 23.5. The quantitative estimate of drug-likeness (QED) is 0.351. The molecular formula is C23H20Cl2FN5OS. The molecule has 10 heteroatoms. The van der Waals surface area contributed by atoms with Crippen LogP contribution in [0.2, 0.25) is 10.0 Å². The van der Waals surface area contributed by atoms with E-state index in [2.05, 4.69) is 20.4 Å². The summed E-state index contributed by atoms with van der Waals surface area (Å²) >= 11 is 13.5. The van der Waals surface area contributed by atoms with Gasteiger partial charge >= 0.3 is 0 Å². The second kappa shape index (κ2) is 10.1. The Morgan fingerprint density at radius 2 is 1.82 bits per heavy atom. The van der Waals surface area contributed by atoms with Gasteiger partial charge in [-0.3, -0.25) is 4.79 Å². The molecule has 0 bridgehead atoms. The topological polar surface area (TPSA) is 72.2 Å². The van der Waals surface area contributed by atoms with Crippen LogP contribution in [-0.2, 0) is 17.8 Å². The summed E-state index contributed by atoms with van der Waals surface area (Å²) in [5, 5.41) is 8.73. The average Bonchev–Trinajstić information content (AvgIpc) is 3.19. The zero-order valence-electron chi connectivity index (χ0n) is 17.9. The molecule has 0 atom stereocenters. The van der Waals surface area contributed by atoms with E-state index in [1.807, 2.05) is 32.0 Å². The summed E-state index contributed by atoms with van der Waals surface area (Å²) in [5.74, 6) is 0.0535. The zero-order valence-corrected chi connectivity index (χ0v) is 20.2. The summed E-state index contributed by atoms with van der Waals surface area (Å²) in [4.78, 5) is 21.2. The van der Waals surface area contributed by atoms with Crippen molar-refractivity contribution >= 4 is 46.6 Å². The fourth-order valence-corrected chi connectivity index (χ4v) is 4.48. The van der Waals surface area contributed by atoms with Crippen molar-refractivity contribution in [3.05, 3.63) is 86.4 Å². The van der Waals surface area contributed by atoms with E-state index in [1.54, 1.807) is 22.7 Å². The minimum absolute atomic E-state index is 0.150. The molecule has 0 aliphatic carbocycles. The van der Waals surface area contributed by atoms with Crippen molar-refractivity contribution in [3.8, 4) is 0 Å². The summed E-state index contributed by atoms with van der Waals surface area (Å²) < 4.78 is 15.9. The van der Waals surface area contributed by atoms with Crippen molar-refractivity contribution in [2.24, 2.45) is 0 Å². The van der Waals surface area contributed by atoms with E-state index >= 15 is 0 Å². The van der Waals surface area contributed by atoms with Crippen molar-refractivity contribution < 1.29 is 9.18 Å². The maximum atomic E-state index is 14.3. The van der Waals surface area contributed by atoms with Crippen LogP contribution < -0.4 is 5.32 Å². The number of aryl methyl sites for hydroxylation is 2. The van der Waals surface area contributed by atoms with Gasteiger partial charge in [-0.25, -0.2) is 13.9 Å². The molecule has 0 saturated carbocycles. The highest BCUT2D eigenvalue weighted by Crippen LogP contribution is 2.26. The summed E-state index contributed by atoms with van der Waals surface area (Å²) in [6.45, 7) is 4.07. The molecule has 6 nitrogen and oxygen atoms in total. The van der Waals surface area contributed by atoms with Crippen LogP contribution in [-0.4, -0.2) is 31.2 Å². The van der Waals surface area contributed by atoms with E-state index in [0.717, 1.165) is 22.5 Å². The first-order chi connectivity index (χ1) is 15.8. The highest BCUT2D eigenvalue weighted by atomic mass is 35.5. The van der Waals surface area contributed by atoms with Crippen LogP contribution in [0, 0.1) is 19.7 Å². The number of carbonyl (C=O) groups excluding carboxylic acids is 1. The zero-order chi connectivity index (χ0) is 23.5. The number of nitrogens with zero attached hydrogens (tertiary/aromatic N) is 4. The van der Waals surface area contributed by atoms with Crippen molar-refractivity contribution in [2.45, 2.75) is 32.0 Å². The highest BCUT2D eigenvalue weighted by Gasteiger charge is 2.17. The molecule has 170 valence electrons. The predicted octanol–water partition coefficient (Wildman–Crippen LogP) is 5.19. The number of amides is 1. The van der Waals surface area contributed by atoms with Gasteiger partial charge in [0.25, 0.3) is 5.78 Å². The Hall–Kier alpha value is -2.68. The molecular weight excluding hydrogens is 484 g/mol. The normalized spacial score (nSPS) is 11.2. The molecule has 0 radical (unpaired) electrons. The molecule has 2 aromatic heterocycles. The maximum absolute atomic E-state index is 14.3. The molecule has 2 aromatic carbocycles. The number of nitrogens with one attached hydrogen (secondary N) is 1. The third-order valence-electron chi connectivity index (χ3n) is 5.21. The number of rotatable bonds is 7. The smallest absolute Gasteiger partial charge is 0.253 e. The Bertz CT molecular complexity index is 1320. The minimum Gasteiger partial charge on any atom is -0.351 e. The van der Waals surface area contributed by atoms with Gasteiger partial charge in [0.05, 0.1) is 5.75 Å². The van der Waals surface area contributed by atoms with Crippen LogP contribution in [0.15, 0.2) is 47.6 Å². The highest BCUT2D eigenvalue weighted by molar-refractivity contribution is 7.99. The van der Waals surface area contributed by atoms with Gasteiger partial charge in [-0.1, -0.05) is 59.2 Å². The van der Waals surface area contributed by atoms with E-state index in [9.17, 15) is 9.18 Å². The molecule has 2 heterocycles. The molecule has 0 fully saturated rings. The SMILES string of the molecule is Cc1nc2nc(SCC(=O)NCc3ccccc3Cl)nn2c(C)c1Cc1c(F)cccc1Cl. The fraction of sp³-hybridized carbons (Fsp3) is 0.217. The monoisotopic (exact) mass is 503 g/mol. The molecule has 4 rings (SSSR count). The largest absolute Gasteiger partial charge is 0.351 e. The van der Waals surface area contributed by atoms with Gasteiger partial charge in [0, 0.05) is 40.0 Å². The first-order valence-corrected chi connectivity index (χ1v) is 11.9. The van der Waals surface area contributed by atoms with Gasteiger partial charge in [-0.15, -0.1) is 5.10 Å². The van der Waals surface area contributed by atoms with Crippen LogP contribution in [0.25, 0.3) is 5.78 Å². The van der Waals surface area contributed by atoms with Crippen LogP contribution >= 0.6 is 35.0 Å². The molecule has 0 aliphatic rings. The van der Waals surface area contributed by atoms with E-state index in [4.69, 9.17) is 23.2 Å². The van der Waals surface area contributed by atoms with E-state index in [1.165, 1.54) is 17.8 Å². The van der Waals surface area contributed by atoms with Crippen molar-refractivity contribution in [1.82, 2.24) is 24.9 Å². The second-order valence-corrected chi connectivity index (χ2v) is 9.16. The van der Waals surface area contributed by atoms with Gasteiger partial charge < -0.3 is 5.32 Å². The fourth-order valence-electron chi connectivity index (χ4n) is 3.40. The third-order valence-corrected chi connectivity index (χ3v) is 6.77. The molecule has 0 unspecified atom stereocenters. The standard InChI is InChI=1S/C23H20Cl2FN5OS/c1-13-16(10-17-19(25)8-5-9-20(17)26)14(2)31-22(28-13)29-23(30-31)33-12-21(32)27-11-15-6-3-4-7-18(15)24/h3-9H,10-12H2,1-2H3,(H,27,32). The summed E-state index contributed by atoms with van der Waals surface area (Å²) in [7, 11) is 0. The van der Waals surface area contributed by atoms with E-state index in [-0.39, 0.29) is 17.5 Å². The number of halogens is 3. The van der Waals surface area contributed by atoms with Crippen LogP contribution in [0.4, 0.5) is 4.39 Å². The number of hydrogen-bond donors (Lipinski definition) is 1. The number of hydrogen-bond acceptors (Lipinski definition) is 5. The lowest BCUT2D eigenvalue weighted by Crippen LogP contribution is -2.24. The lowest BCUT2D eigenvalue weighted by molar-refractivity contribution is -0.118. The molecule has 0 spiro atoms. The Morgan fingerprint density at radius 1 is 1.06 bits per heavy atom. The molecule has 0 aliphatic heterocycles. The molecule has 33 heavy (non-hydrogen) atoms. The van der Waals surface area contributed by atoms with Crippen molar-refractivity contribution in [2.75, 3.05) is 5.75 Å². The number of benzene rings is 2. The number of carbonyl (C=O) groups is 1. The van der Waals surface area contributed by atoms with Gasteiger partial charge in [0.1, 0.15) is 5.82 Å². The van der Waals surface area contributed by atoms with Gasteiger partial charge in [0.15, 0.2) is 0 Å². The molecule has 0 saturated heterocycles. The Labute approximate surface area is 204 Å². The van der Waals surface area contributed by atoms with Crippen molar-refractivity contribution in [1.29, 1.82) is 0 Å². The average molecular weight is 504 g/mol. The Morgan fingerprint density at radius 3 is 2.58 bits per heavy atom. The van der Waals surface area contributed by atoms with E-state index in [0.29, 0.717) is 39.5 Å². The summed E-state index contributed by atoms with van der Waals surface area (Å²) in [6.07, 6.45) is 0.291. The maximum Gasteiger partial charge on any atom is 0.253 e. The lowest BCUT2D eigenvalue weighted by atomic mass is 10.0. The van der Waals surface area contributed by atoms with Gasteiger partial charge in [-0.2, -0.15) is 4.98 Å². The van der Waals surface area contributed by atoms with Crippen LogP contribution in [0.5, 0.6) is 0 Å². The Balaban J connectivity index is 1.47. The molecule has 4 aromatic rings. The number of fused-ring (bicyclic) bond motifs is 1. The lowest BCUT2D eigenvalue weighted by Gasteiger charge is -2.12. The third kappa shape index (κ3) is 5.29. The summed E-state index contributed by atoms with van der Waals surface area (Å²) in [6, 6.07) is 12.0. The van der Waals surface area contributed by atoms with Crippen LogP contribution in [0.3, 0.4) is 0 Å². The predicted molar refractivity (Wildman–Crippen MR) is 128 cm³/mol. The number of thioether (sulfide) groups is 1. The Kier molecular flexibility index (Phi) is 7.17. The minimum atomic E-state index is -0.362. The second-order valence-electron chi connectivity index (χ2n) is 7.40. The molecule has 1 N–H and O–H groups in total. The molecule has 1 amide bonds. The van der Waals surface area contributed by atoms with Gasteiger partial charge in [-0.05, 0) is 43.2 Å². The van der Waals surface area contributed by atoms with Crippen LogP contribution in [0.1, 0.15) is 28.1 Å². The first-order valence-electron chi connectivity index (χ1n) is 10.1. The van der Waals surface area contributed by atoms with Crippen molar-refractivity contribution in [3.63, 3.8) is 0 Å². The number of aromatic nitrogens is 4. The van der Waals surface area contributed by atoms with E-state index < -0.39 is 0 Å².